The van der Waals surface area contributed by atoms with Crippen LogP contribution < -0.4 is 4.74 Å². The molecule has 1 aromatic carbocycles. The lowest BCUT2D eigenvalue weighted by atomic mass is 10.2. The molecular weight excluding hydrogens is 296 g/mol. The summed E-state index contributed by atoms with van der Waals surface area (Å²) in [7, 11) is 1.91. The van der Waals surface area contributed by atoms with Crippen LogP contribution in [0.5, 0.6) is 5.75 Å². The first kappa shape index (κ1) is 12.0. The summed E-state index contributed by atoms with van der Waals surface area (Å²) in [5.41, 5.74) is 0.887. The van der Waals surface area contributed by atoms with E-state index in [2.05, 4.69) is 21.0 Å². The fraction of sp³-hybridized carbons (Fsp3) is 0.462. The van der Waals surface area contributed by atoms with Crippen LogP contribution >= 0.6 is 15.9 Å². The van der Waals surface area contributed by atoms with Gasteiger partial charge in [0.25, 0.3) is 0 Å². The highest BCUT2D eigenvalue weighted by molar-refractivity contribution is 9.10. The van der Waals surface area contributed by atoms with Gasteiger partial charge in [-0.05, 0) is 25.0 Å². The van der Waals surface area contributed by atoms with Crippen LogP contribution in [0.15, 0.2) is 22.8 Å². The van der Waals surface area contributed by atoms with E-state index in [1.807, 2.05) is 25.4 Å². The van der Waals surface area contributed by atoms with E-state index in [1.165, 1.54) is 12.8 Å². The van der Waals surface area contributed by atoms with Gasteiger partial charge in [0.05, 0.1) is 12.7 Å². The van der Waals surface area contributed by atoms with Crippen LogP contribution in [0.4, 0.5) is 0 Å². The smallest absolute Gasteiger partial charge is 0.147 e. The molecule has 0 saturated heterocycles. The summed E-state index contributed by atoms with van der Waals surface area (Å²) in [5.74, 6) is 0.813. The van der Waals surface area contributed by atoms with Crippen molar-refractivity contribution in [2.45, 2.75) is 18.9 Å². The maximum Gasteiger partial charge on any atom is 0.147 e. The Morgan fingerprint density at radius 3 is 3.00 bits per heavy atom. The fourth-order valence-electron chi connectivity index (χ4n) is 1.88. The molecule has 5 heteroatoms. The number of ether oxygens (including phenoxy) is 2. The van der Waals surface area contributed by atoms with E-state index in [-0.39, 0.29) is 0 Å². The number of hydrogen-bond acceptors (Lipinski definition) is 3. The van der Waals surface area contributed by atoms with E-state index in [1.54, 1.807) is 4.68 Å². The second kappa shape index (κ2) is 4.90. The number of aromatic nitrogens is 2. The first-order valence-electron chi connectivity index (χ1n) is 6.10. The summed E-state index contributed by atoms with van der Waals surface area (Å²) in [5, 5.41) is 5.49. The van der Waals surface area contributed by atoms with Crippen molar-refractivity contribution in [1.29, 1.82) is 0 Å². The lowest BCUT2D eigenvalue weighted by molar-refractivity contribution is 0.0885. The van der Waals surface area contributed by atoms with E-state index in [9.17, 15) is 0 Å². The molecule has 0 radical (unpaired) electrons. The monoisotopic (exact) mass is 310 g/mol. The van der Waals surface area contributed by atoms with E-state index < -0.39 is 0 Å². The van der Waals surface area contributed by atoms with Crippen LogP contribution in [-0.4, -0.2) is 29.1 Å². The summed E-state index contributed by atoms with van der Waals surface area (Å²) in [6, 6.07) is 3.93. The van der Waals surface area contributed by atoms with Crippen LogP contribution in [-0.2, 0) is 11.8 Å². The zero-order chi connectivity index (χ0) is 12.5. The molecule has 1 saturated carbocycles. The summed E-state index contributed by atoms with van der Waals surface area (Å²) in [4.78, 5) is 0. The van der Waals surface area contributed by atoms with Crippen LogP contribution in [0, 0.1) is 0 Å². The maximum absolute atomic E-state index is 5.74. The predicted octanol–water partition coefficient (Wildman–Crippen LogP) is 2.89. The molecule has 0 aliphatic heterocycles. The highest BCUT2D eigenvalue weighted by Gasteiger charge is 2.21. The van der Waals surface area contributed by atoms with Gasteiger partial charge < -0.3 is 9.47 Å². The van der Waals surface area contributed by atoms with Crippen LogP contribution in [0.25, 0.3) is 10.9 Å². The minimum Gasteiger partial charge on any atom is -0.489 e. The standard InChI is InChI=1S/C13H15BrN2O2/c1-16-8-10-11(14)4-5-12(13(10)15-16)18-7-6-17-9-2-3-9/h4-5,8-9H,2-3,6-7H2,1H3. The molecule has 4 nitrogen and oxygen atoms in total. The molecule has 1 aliphatic rings. The maximum atomic E-state index is 5.74. The molecule has 0 N–H and O–H groups in total. The lowest BCUT2D eigenvalue weighted by Crippen LogP contribution is -2.07. The minimum atomic E-state index is 0.480. The van der Waals surface area contributed by atoms with Crippen LogP contribution in [0.3, 0.4) is 0 Å². The van der Waals surface area contributed by atoms with Crippen LogP contribution in [0.1, 0.15) is 12.8 Å². The summed E-state index contributed by atoms with van der Waals surface area (Å²) in [6.45, 7) is 1.22. The Morgan fingerprint density at radius 2 is 2.22 bits per heavy atom. The van der Waals surface area contributed by atoms with E-state index in [4.69, 9.17) is 9.47 Å². The number of aryl methyl sites for hydroxylation is 1. The van der Waals surface area contributed by atoms with Gasteiger partial charge in [-0.2, -0.15) is 5.10 Å². The van der Waals surface area contributed by atoms with Gasteiger partial charge in [-0.15, -0.1) is 0 Å². The van der Waals surface area contributed by atoms with Crippen molar-refractivity contribution in [3.8, 4) is 5.75 Å². The highest BCUT2D eigenvalue weighted by Crippen LogP contribution is 2.30. The number of nitrogens with zero attached hydrogens (tertiary/aromatic N) is 2. The molecule has 0 spiro atoms. The average molecular weight is 311 g/mol. The van der Waals surface area contributed by atoms with Gasteiger partial charge in [0.15, 0.2) is 0 Å². The van der Waals surface area contributed by atoms with E-state index >= 15 is 0 Å². The molecule has 1 aromatic heterocycles. The molecule has 2 aromatic rings. The summed E-state index contributed by atoms with van der Waals surface area (Å²) in [6.07, 6.45) is 4.85. The zero-order valence-electron chi connectivity index (χ0n) is 10.2. The number of fused-ring (bicyclic) bond motifs is 1. The third-order valence-electron chi connectivity index (χ3n) is 2.92. The Balaban J connectivity index is 1.72. The lowest BCUT2D eigenvalue weighted by Gasteiger charge is -2.07. The zero-order valence-corrected chi connectivity index (χ0v) is 11.8. The first-order valence-corrected chi connectivity index (χ1v) is 6.89. The Bertz CT molecular complexity index is 563. The molecule has 0 atom stereocenters. The third-order valence-corrected chi connectivity index (χ3v) is 3.61. The molecule has 1 fully saturated rings. The minimum absolute atomic E-state index is 0.480. The van der Waals surface area contributed by atoms with Gasteiger partial charge in [-0.1, -0.05) is 15.9 Å². The van der Waals surface area contributed by atoms with Gasteiger partial charge in [-0.3, -0.25) is 4.68 Å². The quantitative estimate of drug-likeness (QED) is 0.797. The number of hydrogen-bond donors (Lipinski definition) is 0. The van der Waals surface area contributed by atoms with E-state index in [0.29, 0.717) is 19.3 Å². The predicted molar refractivity (Wildman–Crippen MR) is 72.9 cm³/mol. The second-order valence-electron chi connectivity index (χ2n) is 4.53. The summed E-state index contributed by atoms with van der Waals surface area (Å²) >= 11 is 3.52. The molecule has 0 bridgehead atoms. The molecule has 0 amide bonds. The Kier molecular flexibility index (Phi) is 3.26. The van der Waals surface area contributed by atoms with Gasteiger partial charge >= 0.3 is 0 Å². The Morgan fingerprint density at radius 1 is 1.39 bits per heavy atom. The van der Waals surface area contributed by atoms with E-state index in [0.717, 1.165) is 21.1 Å². The van der Waals surface area contributed by atoms with Crippen molar-refractivity contribution < 1.29 is 9.47 Å². The molecule has 18 heavy (non-hydrogen) atoms. The molecule has 96 valence electrons. The van der Waals surface area contributed by atoms with Crippen molar-refractivity contribution in [1.82, 2.24) is 9.78 Å². The molecular formula is C13H15BrN2O2. The normalized spacial score (nSPS) is 15.2. The topological polar surface area (TPSA) is 36.3 Å². The largest absolute Gasteiger partial charge is 0.489 e. The van der Waals surface area contributed by atoms with Crippen LogP contribution in [0.2, 0.25) is 0 Å². The number of rotatable bonds is 5. The van der Waals surface area contributed by atoms with Crippen molar-refractivity contribution in [2.75, 3.05) is 13.2 Å². The van der Waals surface area contributed by atoms with Gasteiger partial charge in [-0.25, -0.2) is 0 Å². The summed E-state index contributed by atoms with van der Waals surface area (Å²) < 4.78 is 14.1. The van der Waals surface area contributed by atoms with Crippen molar-refractivity contribution in [3.63, 3.8) is 0 Å². The molecule has 3 rings (SSSR count). The van der Waals surface area contributed by atoms with Gasteiger partial charge in [0.2, 0.25) is 0 Å². The van der Waals surface area contributed by atoms with Gasteiger partial charge in [0.1, 0.15) is 17.9 Å². The third kappa shape index (κ3) is 2.52. The highest BCUT2D eigenvalue weighted by atomic mass is 79.9. The second-order valence-corrected chi connectivity index (χ2v) is 5.38. The fourth-order valence-corrected chi connectivity index (χ4v) is 2.30. The average Bonchev–Trinajstić information content (AvgIpc) is 3.08. The first-order chi connectivity index (χ1) is 8.74. The molecule has 1 aliphatic carbocycles. The SMILES string of the molecule is Cn1cc2c(Br)ccc(OCCOC3CC3)c2n1. The Hall–Kier alpha value is -1.07. The van der Waals surface area contributed by atoms with Crippen molar-refractivity contribution in [3.05, 3.63) is 22.8 Å². The van der Waals surface area contributed by atoms with Crippen molar-refractivity contribution >= 4 is 26.8 Å². The van der Waals surface area contributed by atoms with Crippen molar-refractivity contribution in [2.24, 2.45) is 7.05 Å². The number of benzene rings is 1. The Labute approximate surface area is 114 Å². The van der Waals surface area contributed by atoms with Gasteiger partial charge in [0, 0.05) is 23.1 Å². The molecule has 1 heterocycles. The molecule has 0 unspecified atom stereocenters. The number of halogens is 1.